The van der Waals surface area contributed by atoms with Crippen molar-refractivity contribution in [3.63, 3.8) is 0 Å². The first-order chi connectivity index (χ1) is 13.2. The third kappa shape index (κ3) is 6.24. The Morgan fingerprint density at radius 1 is 1.07 bits per heavy atom. The minimum absolute atomic E-state index is 0.0136. The smallest absolute Gasteiger partial charge is 0.306 e. The normalized spacial score (nSPS) is 11.2. The van der Waals surface area contributed by atoms with Crippen molar-refractivity contribution in [3.05, 3.63) is 65.0 Å². The van der Waals surface area contributed by atoms with E-state index < -0.39 is 21.8 Å². The average Bonchev–Trinajstić information content (AvgIpc) is 2.65. The summed E-state index contributed by atoms with van der Waals surface area (Å²) in [5, 5.41) is 0. The lowest BCUT2D eigenvalue weighted by molar-refractivity contribution is -0.142. The number of hydrogen-bond donors (Lipinski definition) is 1. The molecule has 0 saturated carbocycles. The number of carbonyl (C=O) groups is 2. The molecule has 0 heterocycles. The van der Waals surface area contributed by atoms with Crippen LogP contribution in [0.3, 0.4) is 0 Å². The second kappa shape index (κ2) is 9.57. The van der Waals surface area contributed by atoms with Gasteiger partial charge in [-0.3, -0.25) is 9.59 Å². The standard InChI is InChI=1S/C20H22FNO5S/c1-14-5-6-15(2)18(12-14)19(23)13-27-20(24)4-3-11-22-28(25,26)17-9-7-16(21)8-10-17/h5-10,12,22H,3-4,11,13H2,1-2H3. The maximum absolute atomic E-state index is 12.9. The number of benzene rings is 2. The summed E-state index contributed by atoms with van der Waals surface area (Å²) in [6.07, 6.45) is 0.170. The number of rotatable bonds is 9. The van der Waals surface area contributed by atoms with Crippen LogP contribution < -0.4 is 4.72 Å². The highest BCUT2D eigenvalue weighted by Crippen LogP contribution is 2.12. The number of esters is 1. The number of sulfonamides is 1. The van der Waals surface area contributed by atoms with Crippen molar-refractivity contribution in [3.8, 4) is 0 Å². The lowest BCUT2D eigenvalue weighted by Crippen LogP contribution is -2.25. The second-order valence-electron chi connectivity index (χ2n) is 6.36. The Labute approximate surface area is 163 Å². The van der Waals surface area contributed by atoms with Gasteiger partial charge in [0.05, 0.1) is 4.90 Å². The molecule has 0 aliphatic heterocycles. The van der Waals surface area contributed by atoms with Gasteiger partial charge in [0.25, 0.3) is 0 Å². The van der Waals surface area contributed by atoms with Crippen LogP contribution in [0.4, 0.5) is 4.39 Å². The highest BCUT2D eigenvalue weighted by Gasteiger charge is 2.15. The summed E-state index contributed by atoms with van der Waals surface area (Å²) in [5.74, 6) is -1.40. The van der Waals surface area contributed by atoms with Crippen LogP contribution in [0.2, 0.25) is 0 Å². The van der Waals surface area contributed by atoms with E-state index in [0.29, 0.717) is 5.56 Å². The number of aryl methyl sites for hydroxylation is 2. The van der Waals surface area contributed by atoms with Gasteiger partial charge in [0, 0.05) is 18.5 Å². The minimum Gasteiger partial charge on any atom is -0.457 e. The van der Waals surface area contributed by atoms with Gasteiger partial charge in [0.15, 0.2) is 6.61 Å². The van der Waals surface area contributed by atoms with Crippen LogP contribution >= 0.6 is 0 Å². The number of ether oxygens (including phenoxy) is 1. The molecule has 0 spiro atoms. The molecule has 0 aromatic heterocycles. The predicted molar refractivity (Wildman–Crippen MR) is 102 cm³/mol. The molecule has 0 aliphatic carbocycles. The summed E-state index contributed by atoms with van der Waals surface area (Å²) in [6.45, 7) is 3.33. The Bertz CT molecular complexity index is 955. The van der Waals surface area contributed by atoms with Crippen LogP contribution in [0.25, 0.3) is 0 Å². The van der Waals surface area contributed by atoms with E-state index >= 15 is 0 Å². The van der Waals surface area contributed by atoms with E-state index in [9.17, 15) is 22.4 Å². The zero-order valence-corrected chi connectivity index (χ0v) is 16.5. The molecule has 0 amide bonds. The molecule has 28 heavy (non-hydrogen) atoms. The van der Waals surface area contributed by atoms with Crippen molar-refractivity contribution in [1.29, 1.82) is 0 Å². The summed E-state index contributed by atoms with van der Waals surface area (Å²) in [6, 6.07) is 9.89. The molecule has 150 valence electrons. The summed E-state index contributed by atoms with van der Waals surface area (Å²) < 4.78 is 44.2. The molecule has 0 saturated heterocycles. The summed E-state index contributed by atoms with van der Waals surface area (Å²) in [5.41, 5.74) is 2.26. The van der Waals surface area contributed by atoms with Gasteiger partial charge in [-0.2, -0.15) is 0 Å². The molecule has 2 rings (SSSR count). The Morgan fingerprint density at radius 2 is 1.75 bits per heavy atom. The highest BCUT2D eigenvalue weighted by molar-refractivity contribution is 7.89. The molecule has 0 aliphatic rings. The van der Waals surface area contributed by atoms with E-state index in [1.807, 2.05) is 26.0 Å². The summed E-state index contributed by atoms with van der Waals surface area (Å²) in [7, 11) is -3.77. The van der Waals surface area contributed by atoms with Crippen LogP contribution in [-0.2, 0) is 19.6 Å². The fraction of sp³-hybridized carbons (Fsp3) is 0.300. The first-order valence-corrected chi connectivity index (χ1v) is 10.2. The lowest BCUT2D eigenvalue weighted by atomic mass is 10.0. The molecular formula is C20H22FNO5S. The van der Waals surface area contributed by atoms with Gasteiger partial charge < -0.3 is 4.74 Å². The molecule has 0 bridgehead atoms. The van der Waals surface area contributed by atoms with Gasteiger partial charge in [-0.05, 0) is 56.2 Å². The number of hydrogen-bond acceptors (Lipinski definition) is 5. The maximum Gasteiger partial charge on any atom is 0.306 e. The molecule has 1 N–H and O–H groups in total. The monoisotopic (exact) mass is 407 g/mol. The number of nitrogens with one attached hydrogen (secondary N) is 1. The van der Waals surface area contributed by atoms with Crippen LogP contribution in [-0.4, -0.2) is 33.3 Å². The molecule has 2 aromatic carbocycles. The zero-order valence-electron chi connectivity index (χ0n) is 15.7. The van der Waals surface area contributed by atoms with E-state index in [1.165, 1.54) is 0 Å². The zero-order chi connectivity index (χ0) is 20.7. The summed E-state index contributed by atoms with van der Waals surface area (Å²) in [4.78, 5) is 23.9. The van der Waals surface area contributed by atoms with Crippen LogP contribution in [0, 0.1) is 19.7 Å². The average molecular weight is 407 g/mol. The van der Waals surface area contributed by atoms with E-state index in [-0.39, 0.29) is 36.7 Å². The molecule has 0 fully saturated rings. The topological polar surface area (TPSA) is 89.5 Å². The minimum atomic E-state index is -3.77. The lowest BCUT2D eigenvalue weighted by Gasteiger charge is -2.08. The van der Waals surface area contributed by atoms with Crippen molar-refractivity contribution in [2.24, 2.45) is 0 Å². The van der Waals surface area contributed by atoms with E-state index in [2.05, 4.69) is 4.72 Å². The van der Waals surface area contributed by atoms with Crippen LogP contribution in [0.5, 0.6) is 0 Å². The number of ketones is 1. The molecule has 0 radical (unpaired) electrons. The maximum atomic E-state index is 12.9. The van der Waals surface area contributed by atoms with Crippen molar-refractivity contribution in [2.75, 3.05) is 13.2 Å². The number of Topliss-reactive ketones (excluding diaryl/α,β-unsaturated/α-hetero) is 1. The first-order valence-electron chi connectivity index (χ1n) is 8.70. The van der Waals surface area contributed by atoms with E-state index in [1.54, 1.807) is 6.07 Å². The quantitative estimate of drug-likeness (QED) is 0.392. The van der Waals surface area contributed by atoms with Gasteiger partial charge in [-0.25, -0.2) is 17.5 Å². The molecule has 0 unspecified atom stereocenters. The first kappa shape index (κ1) is 21.7. The number of carbonyl (C=O) groups excluding carboxylic acids is 2. The Morgan fingerprint density at radius 3 is 2.43 bits per heavy atom. The third-order valence-electron chi connectivity index (χ3n) is 4.03. The van der Waals surface area contributed by atoms with Crippen LogP contribution in [0.15, 0.2) is 47.4 Å². The molecule has 0 atom stereocenters. The van der Waals surface area contributed by atoms with Crippen molar-refractivity contribution in [2.45, 2.75) is 31.6 Å². The molecule has 6 nitrogen and oxygen atoms in total. The van der Waals surface area contributed by atoms with Crippen molar-refractivity contribution >= 4 is 21.8 Å². The van der Waals surface area contributed by atoms with E-state index in [0.717, 1.165) is 35.4 Å². The fourth-order valence-electron chi connectivity index (χ4n) is 2.47. The van der Waals surface area contributed by atoms with Gasteiger partial charge in [-0.1, -0.05) is 17.7 Å². The van der Waals surface area contributed by atoms with Crippen LogP contribution in [0.1, 0.15) is 34.3 Å². The van der Waals surface area contributed by atoms with Gasteiger partial charge in [0.2, 0.25) is 15.8 Å². The van der Waals surface area contributed by atoms with Gasteiger partial charge in [-0.15, -0.1) is 0 Å². The molecule has 8 heteroatoms. The van der Waals surface area contributed by atoms with Gasteiger partial charge >= 0.3 is 5.97 Å². The third-order valence-corrected chi connectivity index (χ3v) is 5.51. The van der Waals surface area contributed by atoms with E-state index in [4.69, 9.17) is 4.74 Å². The molecule has 2 aromatic rings. The SMILES string of the molecule is Cc1ccc(C)c(C(=O)COC(=O)CCCNS(=O)(=O)c2ccc(F)cc2)c1. The largest absolute Gasteiger partial charge is 0.457 e. The van der Waals surface area contributed by atoms with Crippen molar-refractivity contribution < 1.29 is 27.1 Å². The number of halogens is 1. The Balaban J connectivity index is 1.75. The van der Waals surface area contributed by atoms with Crippen molar-refractivity contribution in [1.82, 2.24) is 4.72 Å². The fourth-order valence-corrected chi connectivity index (χ4v) is 3.54. The van der Waals surface area contributed by atoms with Gasteiger partial charge in [0.1, 0.15) is 5.82 Å². The molecular weight excluding hydrogens is 385 g/mol. The summed E-state index contributed by atoms with van der Waals surface area (Å²) >= 11 is 0. The Kier molecular flexibility index (Phi) is 7.42. The Hall–Kier alpha value is -2.58. The predicted octanol–water partition coefficient (Wildman–Crippen LogP) is 2.93. The highest BCUT2D eigenvalue weighted by atomic mass is 32.2. The second-order valence-corrected chi connectivity index (χ2v) is 8.12.